The number of nitrogens with one attached hydrogen (secondary N) is 2. The predicted molar refractivity (Wildman–Crippen MR) is 84.3 cm³/mol. The number of carbonyl (C=O) groups is 1. The van der Waals surface area contributed by atoms with E-state index in [-0.39, 0.29) is 12.3 Å². The maximum absolute atomic E-state index is 12.2. The van der Waals surface area contributed by atoms with Crippen molar-refractivity contribution in [3.63, 3.8) is 0 Å². The number of hydrogen-bond donors (Lipinski definition) is 2. The molecule has 0 aliphatic carbocycles. The van der Waals surface area contributed by atoms with Gasteiger partial charge in [-0.3, -0.25) is 0 Å². The van der Waals surface area contributed by atoms with Crippen molar-refractivity contribution in [2.24, 2.45) is 0 Å². The summed E-state index contributed by atoms with van der Waals surface area (Å²) >= 11 is 0. The lowest BCUT2D eigenvalue weighted by molar-refractivity contribution is -0.0497. The molecule has 128 valence electrons. The molecule has 24 heavy (non-hydrogen) atoms. The number of urea groups is 1. The fourth-order valence-corrected chi connectivity index (χ4v) is 1.93. The number of pyridine rings is 1. The van der Waals surface area contributed by atoms with Crippen LogP contribution in [-0.2, 0) is 6.54 Å². The van der Waals surface area contributed by atoms with Gasteiger partial charge < -0.3 is 20.1 Å². The van der Waals surface area contributed by atoms with Crippen LogP contribution in [0.3, 0.4) is 0 Å². The average Bonchev–Trinajstić information content (AvgIpc) is 2.54. The van der Waals surface area contributed by atoms with Crippen LogP contribution in [0.4, 0.5) is 19.3 Å². The van der Waals surface area contributed by atoms with Crippen LogP contribution in [0.5, 0.6) is 11.6 Å². The summed E-state index contributed by atoms with van der Waals surface area (Å²) in [6, 6.07) is 8.78. The Labute approximate surface area is 137 Å². The number of amides is 2. The molecular weight excluding hydrogens is 320 g/mol. The van der Waals surface area contributed by atoms with Crippen molar-refractivity contribution in [1.82, 2.24) is 10.3 Å². The second kappa shape index (κ2) is 8.66. The monoisotopic (exact) mass is 337 g/mol. The minimum Gasteiger partial charge on any atom is -0.478 e. The van der Waals surface area contributed by atoms with Crippen molar-refractivity contribution in [2.75, 3.05) is 11.9 Å². The average molecular weight is 337 g/mol. The van der Waals surface area contributed by atoms with Crippen LogP contribution in [0.2, 0.25) is 0 Å². The van der Waals surface area contributed by atoms with Gasteiger partial charge in [-0.05, 0) is 25.1 Å². The molecule has 2 N–H and O–H groups in total. The van der Waals surface area contributed by atoms with Crippen LogP contribution in [0.25, 0.3) is 0 Å². The molecule has 2 rings (SSSR count). The lowest BCUT2D eigenvalue weighted by Gasteiger charge is -2.11. The van der Waals surface area contributed by atoms with Gasteiger partial charge in [0.2, 0.25) is 5.88 Å². The molecule has 6 nitrogen and oxygen atoms in total. The van der Waals surface area contributed by atoms with Crippen molar-refractivity contribution in [3.8, 4) is 11.6 Å². The zero-order valence-electron chi connectivity index (χ0n) is 13.0. The highest BCUT2D eigenvalue weighted by molar-refractivity contribution is 5.89. The maximum Gasteiger partial charge on any atom is 0.387 e. The maximum atomic E-state index is 12.2. The molecule has 2 amide bonds. The van der Waals surface area contributed by atoms with Gasteiger partial charge >= 0.3 is 12.6 Å². The van der Waals surface area contributed by atoms with Gasteiger partial charge in [0.1, 0.15) is 5.75 Å². The molecule has 1 heterocycles. The third-order valence-corrected chi connectivity index (χ3v) is 2.89. The number of nitrogens with zero attached hydrogens (tertiary/aromatic N) is 1. The highest BCUT2D eigenvalue weighted by Gasteiger charge is 2.08. The van der Waals surface area contributed by atoms with E-state index in [1.807, 2.05) is 6.92 Å². The van der Waals surface area contributed by atoms with Crippen molar-refractivity contribution >= 4 is 11.7 Å². The van der Waals surface area contributed by atoms with E-state index in [9.17, 15) is 13.6 Å². The first-order chi connectivity index (χ1) is 11.6. The molecule has 0 aliphatic rings. The number of hydrogen-bond acceptors (Lipinski definition) is 4. The Bertz CT molecular complexity index is 683. The quantitative estimate of drug-likeness (QED) is 0.812. The summed E-state index contributed by atoms with van der Waals surface area (Å²) in [7, 11) is 0. The number of benzene rings is 1. The van der Waals surface area contributed by atoms with Gasteiger partial charge in [-0.15, -0.1) is 0 Å². The number of carbonyl (C=O) groups excluding carboxylic acids is 1. The van der Waals surface area contributed by atoms with Gasteiger partial charge in [-0.25, -0.2) is 9.78 Å². The molecule has 1 aromatic carbocycles. The summed E-state index contributed by atoms with van der Waals surface area (Å²) in [5, 5.41) is 5.19. The van der Waals surface area contributed by atoms with Gasteiger partial charge in [0.25, 0.3) is 0 Å². The van der Waals surface area contributed by atoms with Gasteiger partial charge in [0.15, 0.2) is 0 Å². The number of ether oxygens (including phenoxy) is 2. The fraction of sp³-hybridized carbons (Fsp3) is 0.250. The van der Waals surface area contributed by atoms with Crippen LogP contribution in [0.15, 0.2) is 42.6 Å². The summed E-state index contributed by atoms with van der Waals surface area (Å²) in [6.45, 7) is -0.403. The summed E-state index contributed by atoms with van der Waals surface area (Å²) in [5.41, 5.74) is 1.06. The van der Waals surface area contributed by atoms with Crippen LogP contribution in [-0.4, -0.2) is 24.2 Å². The van der Waals surface area contributed by atoms with Crippen LogP contribution in [0, 0.1) is 0 Å². The van der Waals surface area contributed by atoms with Crippen molar-refractivity contribution in [1.29, 1.82) is 0 Å². The number of anilines is 1. The standard InChI is InChI=1S/C16H17F2N3O3/c1-2-23-14-11(5-4-8-19-14)10-20-16(22)21-12-6-3-7-13(9-12)24-15(17)18/h3-9,15H,2,10H2,1H3,(H2,20,21,22). The fourth-order valence-electron chi connectivity index (χ4n) is 1.93. The van der Waals surface area contributed by atoms with Crippen molar-refractivity contribution in [2.45, 2.75) is 20.1 Å². The molecule has 1 aromatic heterocycles. The molecule has 0 fully saturated rings. The second-order valence-electron chi connectivity index (χ2n) is 4.61. The van der Waals surface area contributed by atoms with Crippen LogP contribution >= 0.6 is 0 Å². The van der Waals surface area contributed by atoms with E-state index >= 15 is 0 Å². The SMILES string of the molecule is CCOc1ncccc1CNC(=O)Nc1cccc(OC(F)F)c1. The molecular formula is C16H17F2N3O3. The van der Waals surface area contributed by atoms with E-state index in [4.69, 9.17) is 4.74 Å². The van der Waals surface area contributed by atoms with Crippen molar-refractivity contribution < 1.29 is 23.0 Å². The normalized spacial score (nSPS) is 10.3. The Morgan fingerprint density at radius 3 is 2.88 bits per heavy atom. The number of halogens is 2. The number of aromatic nitrogens is 1. The van der Waals surface area contributed by atoms with Gasteiger partial charge in [0.05, 0.1) is 6.61 Å². The third kappa shape index (κ3) is 5.38. The Kier molecular flexibility index (Phi) is 6.30. The summed E-state index contributed by atoms with van der Waals surface area (Å²) in [6.07, 6.45) is 1.60. The third-order valence-electron chi connectivity index (χ3n) is 2.89. The molecule has 2 aromatic rings. The van der Waals surface area contributed by atoms with E-state index in [1.54, 1.807) is 24.4 Å². The van der Waals surface area contributed by atoms with E-state index in [0.717, 1.165) is 5.56 Å². The molecule has 0 bridgehead atoms. The Morgan fingerprint density at radius 2 is 2.12 bits per heavy atom. The Hall–Kier alpha value is -2.90. The lowest BCUT2D eigenvalue weighted by Crippen LogP contribution is -2.28. The molecule has 0 spiro atoms. The molecule has 0 aliphatic heterocycles. The van der Waals surface area contributed by atoms with E-state index in [2.05, 4.69) is 20.4 Å². The first-order valence-corrected chi connectivity index (χ1v) is 7.25. The van der Waals surface area contributed by atoms with Crippen molar-refractivity contribution in [3.05, 3.63) is 48.2 Å². The van der Waals surface area contributed by atoms with Crippen LogP contribution in [0.1, 0.15) is 12.5 Å². The Balaban J connectivity index is 1.92. The minimum absolute atomic E-state index is 0.0336. The number of alkyl halides is 2. The molecule has 0 radical (unpaired) electrons. The summed E-state index contributed by atoms with van der Waals surface area (Å²) in [4.78, 5) is 16.0. The van der Waals surface area contributed by atoms with Gasteiger partial charge in [-0.2, -0.15) is 8.78 Å². The smallest absolute Gasteiger partial charge is 0.387 e. The van der Waals surface area contributed by atoms with E-state index < -0.39 is 12.6 Å². The largest absolute Gasteiger partial charge is 0.478 e. The molecule has 0 saturated heterocycles. The lowest BCUT2D eigenvalue weighted by atomic mass is 10.2. The topological polar surface area (TPSA) is 72.5 Å². The number of rotatable bonds is 7. The predicted octanol–water partition coefficient (Wildman–Crippen LogP) is 3.40. The highest BCUT2D eigenvalue weighted by Crippen LogP contribution is 2.19. The molecule has 0 saturated carbocycles. The molecule has 8 heteroatoms. The first kappa shape index (κ1) is 17.5. The zero-order valence-corrected chi connectivity index (χ0v) is 13.0. The van der Waals surface area contributed by atoms with E-state index in [0.29, 0.717) is 18.2 Å². The first-order valence-electron chi connectivity index (χ1n) is 7.25. The molecule has 0 unspecified atom stereocenters. The zero-order chi connectivity index (χ0) is 17.4. The van der Waals surface area contributed by atoms with Gasteiger partial charge in [0, 0.05) is 30.1 Å². The highest BCUT2D eigenvalue weighted by atomic mass is 19.3. The Morgan fingerprint density at radius 1 is 1.29 bits per heavy atom. The van der Waals surface area contributed by atoms with Gasteiger partial charge in [-0.1, -0.05) is 12.1 Å². The minimum atomic E-state index is -2.92. The second-order valence-corrected chi connectivity index (χ2v) is 4.61. The summed E-state index contributed by atoms with van der Waals surface area (Å²) in [5.74, 6) is 0.418. The summed E-state index contributed by atoms with van der Waals surface area (Å²) < 4.78 is 34.0. The van der Waals surface area contributed by atoms with E-state index in [1.165, 1.54) is 18.2 Å². The van der Waals surface area contributed by atoms with Crippen LogP contribution < -0.4 is 20.1 Å². The molecule has 0 atom stereocenters.